The molecule has 0 amide bonds. The minimum atomic E-state index is 0.250. The summed E-state index contributed by atoms with van der Waals surface area (Å²) in [5.41, 5.74) is 4.04. The first-order valence-corrected chi connectivity index (χ1v) is 7.12. The number of benzene rings is 1. The number of rotatable bonds is 2. The SMILES string of the molecule is NNC(=NC1CCCC1)C1COc2ccccc2C1. The summed E-state index contributed by atoms with van der Waals surface area (Å²) in [5.74, 6) is 7.82. The minimum absolute atomic E-state index is 0.250. The number of hydrazine groups is 1. The highest BCUT2D eigenvalue weighted by Crippen LogP contribution is 2.28. The van der Waals surface area contributed by atoms with Crippen molar-refractivity contribution < 1.29 is 4.74 Å². The van der Waals surface area contributed by atoms with Gasteiger partial charge in [0.1, 0.15) is 11.6 Å². The Hall–Kier alpha value is -1.55. The lowest BCUT2D eigenvalue weighted by Gasteiger charge is -2.26. The summed E-state index contributed by atoms with van der Waals surface area (Å²) in [5, 5.41) is 0. The van der Waals surface area contributed by atoms with Crippen molar-refractivity contribution in [3.05, 3.63) is 29.8 Å². The van der Waals surface area contributed by atoms with E-state index in [1.807, 2.05) is 18.2 Å². The molecule has 1 aromatic carbocycles. The zero-order valence-corrected chi connectivity index (χ0v) is 11.1. The molecule has 0 bridgehead atoms. The molecular weight excluding hydrogens is 238 g/mol. The quantitative estimate of drug-likeness (QED) is 0.370. The van der Waals surface area contributed by atoms with E-state index in [-0.39, 0.29) is 5.92 Å². The van der Waals surface area contributed by atoms with Crippen LogP contribution in [0.25, 0.3) is 0 Å². The third kappa shape index (κ3) is 2.73. The van der Waals surface area contributed by atoms with Gasteiger partial charge in [-0.3, -0.25) is 4.99 Å². The predicted molar refractivity (Wildman–Crippen MR) is 76.1 cm³/mol. The maximum Gasteiger partial charge on any atom is 0.122 e. The van der Waals surface area contributed by atoms with E-state index in [1.54, 1.807) is 0 Å². The maximum absolute atomic E-state index is 5.81. The fraction of sp³-hybridized carbons (Fsp3) is 0.533. The van der Waals surface area contributed by atoms with E-state index in [9.17, 15) is 0 Å². The number of nitrogens with two attached hydrogens (primary N) is 1. The molecule has 3 rings (SSSR count). The average Bonchev–Trinajstić information content (AvgIpc) is 2.97. The smallest absolute Gasteiger partial charge is 0.122 e. The van der Waals surface area contributed by atoms with E-state index >= 15 is 0 Å². The molecule has 1 aliphatic heterocycles. The summed E-state index contributed by atoms with van der Waals surface area (Å²) < 4.78 is 5.81. The summed E-state index contributed by atoms with van der Waals surface area (Å²) in [6.07, 6.45) is 5.91. The molecule has 4 nitrogen and oxygen atoms in total. The summed E-state index contributed by atoms with van der Waals surface area (Å²) in [6, 6.07) is 8.64. The van der Waals surface area contributed by atoms with Crippen LogP contribution in [0.3, 0.4) is 0 Å². The lowest BCUT2D eigenvalue weighted by molar-refractivity contribution is 0.256. The van der Waals surface area contributed by atoms with E-state index in [0.29, 0.717) is 12.6 Å². The van der Waals surface area contributed by atoms with Gasteiger partial charge in [0, 0.05) is 0 Å². The number of para-hydroxylation sites is 1. The van der Waals surface area contributed by atoms with Gasteiger partial charge in [0.2, 0.25) is 0 Å². The highest BCUT2D eigenvalue weighted by atomic mass is 16.5. The van der Waals surface area contributed by atoms with Crippen LogP contribution in [0.2, 0.25) is 0 Å². The third-order valence-electron chi connectivity index (χ3n) is 4.06. The molecule has 3 N–H and O–H groups in total. The van der Waals surface area contributed by atoms with Gasteiger partial charge in [0.25, 0.3) is 0 Å². The van der Waals surface area contributed by atoms with E-state index in [0.717, 1.165) is 18.0 Å². The second-order valence-corrected chi connectivity index (χ2v) is 5.42. The Kier molecular flexibility index (Phi) is 3.69. The van der Waals surface area contributed by atoms with Gasteiger partial charge in [0.05, 0.1) is 18.6 Å². The van der Waals surface area contributed by atoms with Crippen LogP contribution in [0.5, 0.6) is 5.75 Å². The molecule has 1 fully saturated rings. The van der Waals surface area contributed by atoms with Crippen LogP contribution in [0.1, 0.15) is 31.2 Å². The second-order valence-electron chi connectivity index (χ2n) is 5.42. The topological polar surface area (TPSA) is 59.6 Å². The molecule has 1 aliphatic carbocycles. The number of hydrogen-bond donors (Lipinski definition) is 2. The highest BCUT2D eigenvalue weighted by Gasteiger charge is 2.25. The lowest BCUT2D eigenvalue weighted by atomic mass is 9.95. The van der Waals surface area contributed by atoms with Crippen LogP contribution in [-0.2, 0) is 6.42 Å². The predicted octanol–water partition coefficient (Wildman–Crippen LogP) is 2.04. The van der Waals surface area contributed by atoms with E-state index in [1.165, 1.54) is 31.2 Å². The average molecular weight is 259 g/mol. The first-order valence-electron chi connectivity index (χ1n) is 7.12. The van der Waals surface area contributed by atoms with Gasteiger partial charge in [-0.15, -0.1) is 0 Å². The van der Waals surface area contributed by atoms with Crippen molar-refractivity contribution >= 4 is 5.84 Å². The Balaban J connectivity index is 1.75. The number of amidine groups is 1. The molecule has 0 spiro atoms. The molecule has 0 aromatic heterocycles. The van der Waals surface area contributed by atoms with E-state index < -0.39 is 0 Å². The van der Waals surface area contributed by atoms with Gasteiger partial charge in [-0.2, -0.15) is 0 Å². The van der Waals surface area contributed by atoms with Gasteiger partial charge in [-0.05, 0) is 30.9 Å². The largest absolute Gasteiger partial charge is 0.493 e. The summed E-state index contributed by atoms with van der Waals surface area (Å²) in [4.78, 5) is 4.79. The lowest BCUT2D eigenvalue weighted by Crippen LogP contribution is -2.41. The van der Waals surface area contributed by atoms with Gasteiger partial charge >= 0.3 is 0 Å². The molecule has 2 aliphatic rings. The number of fused-ring (bicyclic) bond motifs is 1. The minimum Gasteiger partial charge on any atom is -0.493 e. The van der Waals surface area contributed by atoms with Crippen molar-refractivity contribution in [2.24, 2.45) is 16.8 Å². The Morgan fingerprint density at radius 3 is 2.84 bits per heavy atom. The standard InChI is InChI=1S/C15H21N3O/c16-18-15(17-13-6-2-3-7-13)12-9-11-5-1-4-8-14(11)19-10-12/h1,4-5,8,12-13H,2-3,6-7,9-10,16H2,(H,17,18). The summed E-state index contributed by atoms with van der Waals surface area (Å²) >= 11 is 0. The fourth-order valence-electron chi connectivity index (χ4n) is 2.99. The maximum atomic E-state index is 5.81. The first-order chi connectivity index (χ1) is 9.36. The molecule has 19 heavy (non-hydrogen) atoms. The normalized spacial score (nSPS) is 23.8. The molecule has 1 atom stereocenters. The second kappa shape index (κ2) is 5.61. The Morgan fingerprint density at radius 2 is 2.05 bits per heavy atom. The molecule has 102 valence electrons. The van der Waals surface area contributed by atoms with Crippen LogP contribution < -0.4 is 16.0 Å². The van der Waals surface area contributed by atoms with Crippen molar-refractivity contribution in [2.75, 3.05) is 6.61 Å². The fourth-order valence-corrected chi connectivity index (χ4v) is 2.99. The number of hydrogen-bond acceptors (Lipinski definition) is 3. The summed E-state index contributed by atoms with van der Waals surface area (Å²) in [7, 11) is 0. The van der Waals surface area contributed by atoms with Crippen molar-refractivity contribution in [1.82, 2.24) is 5.43 Å². The number of nitrogens with one attached hydrogen (secondary N) is 1. The molecule has 0 radical (unpaired) electrons. The monoisotopic (exact) mass is 259 g/mol. The first kappa shape index (κ1) is 12.5. The van der Waals surface area contributed by atoms with Crippen LogP contribution >= 0.6 is 0 Å². The number of nitrogens with zero attached hydrogens (tertiary/aromatic N) is 1. The molecule has 1 saturated carbocycles. The molecular formula is C15H21N3O. The molecule has 4 heteroatoms. The molecule has 1 unspecified atom stereocenters. The zero-order chi connectivity index (χ0) is 13.1. The van der Waals surface area contributed by atoms with Crippen LogP contribution in [-0.4, -0.2) is 18.5 Å². The van der Waals surface area contributed by atoms with Crippen molar-refractivity contribution in [1.29, 1.82) is 0 Å². The van der Waals surface area contributed by atoms with E-state index in [4.69, 9.17) is 15.6 Å². The van der Waals surface area contributed by atoms with Gasteiger partial charge in [-0.1, -0.05) is 31.0 Å². The van der Waals surface area contributed by atoms with Gasteiger partial charge in [-0.25, -0.2) is 5.84 Å². The van der Waals surface area contributed by atoms with Crippen molar-refractivity contribution in [3.8, 4) is 5.75 Å². The zero-order valence-electron chi connectivity index (χ0n) is 11.1. The van der Waals surface area contributed by atoms with Crippen LogP contribution in [0, 0.1) is 5.92 Å². The van der Waals surface area contributed by atoms with Crippen LogP contribution in [0.15, 0.2) is 29.3 Å². The number of aliphatic imine (C=N–C) groups is 1. The molecule has 1 aromatic rings. The van der Waals surface area contributed by atoms with E-state index in [2.05, 4.69) is 11.5 Å². The summed E-state index contributed by atoms with van der Waals surface area (Å²) in [6.45, 7) is 0.659. The Labute approximate surface area is 114 Å². The third-order valence-corrected chi connectivity index (χ3v) is 4.06. The highest BCUT2D eigenvalue weighted by molar-refractivity contribution is 5.85. The van der Waals surface area contributed by atoms with Gasteiger partial charge < -0.3 is 10.2 Å². The van der Waals surface area contributed by atoms with Crippen LogP contribution in [0.4, 0.5) is 0 Å². The molecule has 0 saturated heterocycles. The van der Waals surface area contributed by atoms with Crippen molar-refractivity contribution in [2.45, 2.75) is 38.1 Å². The van der Waals surface area contributed by atoms with Crippen molar-refractivity contribution in [3.63, 3.8) is 0 Å². The van der Waals surface area contributed by atoms with Gasteiger partial charge in [0.15, 0.2) is 0 Å². The number of ether oxygens (including phenoxy) is 1. The molecule has 1 heterocycles. The Bertz CT molecular complexity index is 466. The Morgan fingerprint density at radius 1 is 1.26 bits per heavy atom.